The smallest absolute Gasteiger partial charge is 0.145 e. The molecule has 6 aromatic rings. The summed E-state index contributed by atoms with van der Waals surface area (Å²) < 4.78 is 4.82. The van der Waals surface area contributed by atoms with Crippen LogP contribution in [-0.2, 0) is 6.54 Å². The molecule has 0 aliphatic carbocycles. The quantitative estimate of drug-likeness (QED) is 0.246. The van der Waals surface area contributed by atoms with Crippen LogP contribution in [-0.4, -0.2) is 14.1 Å². The van der Waals surface area contributed by atoms with Crippen LogP contribution in [0.15, 0.2) is 84.9 Å². The summed E-state index contributed by atoms with van der Waals surface area (Å²) in [4.78, 5) is 5.23. The first-order valence-electron chi connectivity index (χ1n) is 13.1. The molecular formula is C33H33N3. The van der Waals surface area contributed by atoms with Gasteiger partial charge in [-0.1, -0.05) is 76.2 Å². The van der Waals surface area contributed by atoms with Gasteiger partial charge >= 0.3 is 0 Å². The average Bonchev–Trinajstić information content (AvgIpc) is 3.43. The highest BCUT2D eigenvalue weighted by Crippen LogP contribution is 2.38. The fourth-order valence-electron chi connectivity index (χ4n) is 5.75. The van der Waals surface area contributed by atoms with Crippen LogP contribution < -0.4 is 0 Å². The van der Waals surface area contributed by atoms with Gasteiger partial charge in [0, 0.05) is 33.9 Å². The molecule has 6 rings (SSSR count). The number of benzene rings is 4. The Morgan fingerprint density at radius 2 is 1.31 bits per heavy atom. The third-order valence-corrected chi connectivity index (χ3v) is 7.47. The van der Waals surface area contributed by atoms with Gasteiger partial charge in [0.1, 0.15) is 5.82 Å². The van der Waals surface area contributed by atoms with E-state index in [1.165, 1.54) is 38.6 Å². The van der Waals surface area contributed by atoms with Crippen molar-refractivity contribution in [2.24, 2.45) is 0 Å². The van der Waals surface area contributed by atoms with Crippen molar-refractivity contribution in [3.63, 3.8) is 0 Å². The summed E-state index contributed by atoms with van der Waals surface area (Å²) in [6.07, 6.45) is 0. The number of para-hydroxylation sites is 4. The van der Waals surface area contributed by atoms with Crippen molar-refractivity contribution < 1.29 is 0 Å². The summed E-state index contributed by atoms with van der Waals surface area (Å²) in [5, 5.41) is 2.58. The molecule has 180 valence electrons. The summed E-state index contributed by atoms with van der Waals surface area (Å²) in [5.41, 5.74) is 9.87. The van der Waals surface area contributed by atoms with E-state index in [0.29, 0.717) is 11.8 Å². The van der Waals surface area contributed by atoms with E-state index < -0.39 is 0 Å². The first-order valence-corrected chi connectivity index (χ1v) is 13.1. The molecule has 0 saturated heterocycles. The minimum absolute atomic E-state index is 0.401. The van der Waals surface area contributed by atoms with Gasteiger partial charge in [-0.2, -0.15) is 0 Å². The minimum Gasteiger partial charge on any atom is -0.341 e. The van der Waals surface area contributed by atoms with Crippen LogP contribution in [0, 0.1) is 0 Å². The third-order valence-electron chi connectivity index (χ3n) is 7.47. The zero-order chi connectivity index (χ0) is 25.0. The fourth-order valence-corrected chi connectivity index (χ4v) is 5.75. The summed E-state index contributed by atoms with van der Waals surface area (Å²) >= 11 is 0. The Balaban J connectivity index is 1.71. The monoisotopic (exact) mass is 471 g/mol. The molecule has 3 nitrogen and oxygen atoms in total. The summed E-state index contributed by atoms with van der Waals surface area (Å²) in [6, 6.07) is 30.9. The number of nitrogens with zero attached hydrogens (tertiary/aromatic N) is 3. The second-order valence-corrected chi connectivity index (χ2v) is 10.3. The van der Waals surface area contributed by atoms with Crippen LogP contribution >= 0.6 is 0 Å². The van der Waals surface area contributed by atoms with Crippen LogP contribution in [0.2, 0.25) is 0 Å². The van der Waals surface area contributed by atoms with E-state index in [1.54, 1.807) is 0 Å². The minimum atomic E-state index is 0.401. The molecular weight excluding hydrogens is 438 g/mol. The van der Waals surface area contributed by atoms with E-state index >= 15 is 0 Å². The number of imidazole rings is 1. The van der Waals surface area contributed by atoms with Crippen LogP contribution in [0.1, 0.15) is 57.6 Å². The van der Waals surface area contributed by atoms with Gasteiger partial charge in [0.05, 0.1) is 16.7 Å². The Kier molecular flexibility index (Phi) is 5.44. The molecule has 3 heteroatoms. The van der Waals surface area contributed by atoms with Crippen molar-refractivity contribution in [1.82, 2.24) is 14.1 Å². The Morgan fingerprint density at radius 1 is 0.667 bits per heavy atom. The molecule has 2 aromatic heterocycles. The van der Waals surface area contributed by atoms with E-state index in [9.17, 15) is 0 Å². The predicted octanol–water partition coefficient (Wildman–Crippen LogP) is 9.07. The third kappa shape index (κ3) is 3.37. The maximum absolute atomic E-state index is 5.23. The number of fused-ring (bicyclic) bond motifs is 4. The number of rotatable bonds is 5. The lowest BCUT2D eigenvalue weighted by atomic mass is 9.92. The van der Waals surface area contributed by atoms with Crippen LogP contribution in [0.3, 0.4) is 0 Å². The molecule has 0 spiro atoms. The van der Waals surface area contributed by atoms with Crippen LogP contribution in [0.5, 0.6) is 0 Å². The highest BCUT2D eigenvalue weighted by atomic mass is 15.1. The topological polar surface area (TPSA) is 22.8 Å². The number of hydrogen-bond donors (Lipinski definition) is 0. The van der Waals surface area contributed by atoms with Gasteiger partial charge in [0.15, 0.2) is 0 Å². The van der Waals surface area contributed by atoms with E-state index in [2.05, 4.69) is 129 Å². The fraction of sp³-hybridized carbons (Fsp3) is 0.242. The van der Waals surface area contributed by atoms with Crippen molar-refractivity contribution in [1.29, 1.82) is 0 Å². The normalized spacial score (nSPS) is 12.1. The molecule has 0 unspecified atom stereocenters. The van der Waals surface area contributed by atoms with Gasteiger partial charge in [0.2, 0.25) is 0 Å². The maximum atomic E-state index is 5.23. The Morgan fingerprint density at radius 3 is 2.00 bits per heavy atom. The summed E-state index contributed by atoms with van der Waals surface area (Å²) in [6.45, 7) is 12.3. The maximum Gasteiger partial charge on any atom is 0.145 e. The zero-order valence-electron chi connectivity index (χ0n) is 21.8. The molecule has 0 fully saturated rings. The molecule has 36 heavy (non-hydrogen) atoms. The lowest BCUT2D eigenvalue weighted by molar-refractivity contribution is 0.811. The van der Waals surface area contributed by atoms with Gasteiger partial charge in [-0.3, -0.25) is 4.57 Å². The zero-order valence-corrected chi connectivity index (χ0v) is 21.8. The first-order chi connectivity index (χ1) is 17.5. The van der Waals surface area contributed by atoms with Crippen molar-refractivity contribution in [2.45, 2.75) is 53.0 Å². The number of aromatic nitrogens is 3. The first kappa shape index (κ1) is 22.6. The Hall–Kier alpha value is -3.85. The largest absolute Gasteiger partial charge is 0.341 e. The van der Waals surface area contributed by atoms with Gasteiger partial charge in [-0.05, 0) is 66.3 Å². The predicted molar refractivity (Wildman–Crippen MR) is 153 cm³/mol. The van der Waals surface area contributed by atoms with Crippen LogP contribution in [0.4, 0.5) is 0 Å². The van der Waals surface area contributed by atoms with Gasteiger partial charge in [0.25, 0.3) is 0 Å². The van der Waals surface area contributed by atoms with E-state index in [0.717, 1.165) is 29.0 Å². The highest BCUT2D eigenvalue weighted by molar-refractivity contribution is 6.09. The average molecular weight is 472 g/mol. The van der Waals surface area contributed by atoms with E-state index in [4.69, 9.17) is 4.98 Å². The molecule has 0 amide bonds. The lowest BCUT2D eigenvalue weighted by Gasteiger charge is -2.22. The Labute approximate surface area is 213 Å². The van der Waals surface area contributed by atoms with E-state index in [-0.39, 0.29) is 0 Å². The van der Waals surface area contributed by atoms with Gasteiger partial charge in [-0.15, -0.1) is 0 Å². The molecule has 4 aromatic carbocycles. The molecule has 2 heterocycles. The SMILES string of the molecule is CCn1c2ccccc2c2cc(-c3nc4ccccc4n3-c3c(C(C)C)cccc3C(C)C)ccc21. The lowest BCUT2D eigenvalue weighted by Crippen LogP contribution is -2.08. The van der Waals surface area contributed by atoms with Crippen molar-refractivity contribution in [3.8, 4) is 17.1 Å². The molecule has 0 N–H and O–H groups in total. The number of aryl methyl sites for hydroxylation is 1. The molecule has 0 atom stereocenters. The summed E-state index contributed by atoms with van der Waals surface area (Å²) in [5.74, 6) is 1.80. The van der Waals surface area contributed by atoms with Crippen molar-refractivity contribution >= 4 is 32.8 Å². The second kappa shape index (κ2) is 8.67. The molecule has 0 aliphatic heterocycles. The standard InChI is InChI=1S/C33H33N3/c1-6-35-29-16-9-7-12-26(29)27-20-23(18-19-30(27)35)33-34-28-15-8-10-17-31(28)36(33)32-24(21(2)3)13-11-14-25(32)22(4)5/h7-22H,6H2,1-5H3. The summed E-state index contributed by atoms with van der Waals surface area (Å²) in [7, 11) is 0. The molecule has 0 aliphatic rings. The van der Waals surface area contributed by atoms with Crippen LogP contribution in [0.25, 0.3) is 49.9 Å². The molecule has 0 saturated carbocycles. The van der Waals surface area contributed by atoms with Gasteiger partial charge in [-0.25, -0.2) is 4.98 Å². The molecule has 0 bridgehead atoms. The van der Waals surface area contributed by atoms with E-state index in [1.807, 2.05) is 0 Å². The Bertz CT molecular complexity index is 1700. The second-order valence-electron chi connectivity index (χ2n) is 10.3. The molecule has 0 radical (unpaired) electrons. The van der Waals surface area contributed by atoms with Gasteiger partial charge < -0.3 is 4.57 Å². The highest BCUT2D eigenvalue weighted by Gasteiger charge is 2.22. The van der Waals surface area contributed by atoms with Crippen molar-refractivity contribution in [2.75, 3.05) is 0 Å². The number of hydrogen-bond acceptors (Lipinski definition) is 1. The van der Waals surface area contributed by atoms with Crippen molar-refractivity contribution in [3.05, 3.63) is 96.1 Å².